The predicted octanol–water partition coefficient (Wildman–Crippen LogP) is 4.34. The molecule has 1 saturated heterocycles. The van der Waals surface area contributed by atoms with E-state index in [1.165, 1.54) is 25.8 Å². The Bertz CT molecular complexity index is 1340. The van der Waals surface area contributed by atoms with Gasteiger partial charge in [-0.1, -0.05) is 43.5 Å². The molecule has 38 heavy (non-hydrogen) atoms. The molecule has 10 nitrogen and oxygen atoms in total. The molecule has 0 aliphatic carbocycles. The third-order valence-corrected chi connectivity index (χ3v) is 8.89. The maximum absolute atomic E-state index is 13.2. The summed E-state index contributed by atoms with van der Waals surface area (Å²) < 4.78 is 43.0. The van der Waals surface area contributed by atoms with E-state index in [1.54, 1.807) is 6.07 Å². The number of halogens is 2. The number of hydrogen-bond acceptors (Lipinski definition) is 9. The Kier molecular flexibility index (Phi) is 8.71. The minimum absolute atomic E-state index is 0.00553. The van der Waals surface area contributed by atoms with E-state index in [2.05, 4.69) is 9.88 Å². The number of fused-ring (bicyclic) bond motifs is 1. The smallest absolute Gasteiger partial charge is 0.343 e. The van der Waals surface area contributed by atoms with E-state index in [0.29, 0.717) is 28.8 Å². The number of carbonyl (C=O) groups excluding carboxylic acids is 2. The number of nitrogens with zero attached hydrogens (tertiary/aromatic N) is 3. The van der Waals surface area contributed by atoms with Crippen LogP contribution in [0, 0.1) is 0 Å². The van der Waals surface area contributed by atoms with Crippen LogP contribution in [0.1, 0.15) is 65.3 Å². The lowest BCUT2D eigenvalue weighted by molar-refractivity contribution is 0.0357. The van der Waals surface area contributed by atoms with Crippen molar-refractivity contribution >= 4 is 45.1 Å². The normalized spacial score (nSPS) is 17.0. The Morgan fingerprint density at radius 2 is 1.87 bits per heavy atom. The highest BCUT2D eigenvalue weighted by Crippen LogP contribution is 2.39. The van der Waals surface area contributed by atoms with E-state index < -0.39 is 28.6 Å². The van der Waals surface area contributed by atoms with Gasteiger partial charge in [-0.3, -0.25) is 9.69 Å². The van der Waals surface area contributed by atoms with Gasteiger partial charge in [-0.15, -0.1) is 0 Å². The number of hydrogen-bond donors (Lipinski definition) is 0. The molecule has 0 radical (unpaired) electrons. The summed E-state index contributed by atoms with van der Waals surface area (Å²) >= 11 is 12.5. The van der Waals surface area contributed by atoms with Crippen LogP contribution in [-0.4, -0.2) is 74.6 Å². The van der Waals surface area contributed by atoms with Crippen LogP contribution >= 0.6 is 23.2 Å². The third-order valence-electron chi connectivity index (χ3n) is 6.53. The first-order chi connectivity index (χ1) is 18.1. The SMILES string of the molecule is COc1cc(C(C)C)c2c(c1)S(=O)(=O)N(COC(=O)c1c(Cl)cnc(OCCN3CCCCC3)c1Cl)C2=O. The second-order valence-corrected chi connectivity index (χ2v) is 11.9. The van der Waals surface area contributed by atoms with Crippen molar-refractivity contribution in [3.8, 4) is 11.6 Å². The van der Waals surface area contributed by atoms with Crippen LogP contribution in [0.3, 0.4) is 0 Å². The maximum Gasteiger partial charge on any atom is 0.343 e. The van der Waals surface area contributed by atoms with Gasteiger partial charge in [0.25, 0.3) is 15.9 Å². The number of ether oxygens (including phenoxy) is 3. The number of piperidine rings is 1. The fraction of sp³-hybridized carbons (Fsp3) is 0.480. The molecule has 0 unspecified atom stereocenters. The number of esters is 1. The summed E-state index contributed by atoms with van der Waals surface area (Å²) in [5, 5.41) is -0.263. The van der Waals surface area contributed by atoms with Gasteiger partial charge < -0.3 is 14.2 Å². The zero-order valence-corrected chi connectivity index (χ0v) is 23.7. The highest BCUT2D eigenvalue weighted by molar-refractivity contribution is 7.90. The Balaban J connectivity index is 1.49. The van der Waals surface area contributed by atoms with Crippen LogP contribution < -0.4 is 9.47 Å². The average molecular weight is 586 g/mol. The van der Waals surface area contributed by atoms with Crippen LogP contribution in [0.2, 0.25) is 10.0 Å². The summed E-state index contributed by atoms with van der Waals surface area (Å²) in [7, 11) is -2.89. The molecule has 13 heteroatoms. The highest BCUT2D eigenvalue weighted by Gasteiger charge is 2.44. The molecule has 2 aliphatic heterocycles. The quantitative estimate of drug-likeness (QED) is 0.396. The number of sulfonamides is 1. The number of rotatable bonds is 9. The lowest BCUT2D eigenvalue weighted by atomic mass is 9.96. The van der Waals surface area contributed by atoms with Crippen LogP contribution in [0.4, 0.5) is 0 Å². The van der Waals surface area contributed by atoms with Crippen molar-refractivity contribution in [2.45, 2.75) is 43.9 Å². The molecule has 4 rings (SSSR count). The summed E-state index contributed by atoms with van der Waals surface area (Å²) in [6, 6.07) is 2.90. The number of carbonyl (C=O) groups is 2. The Hall–Kier alpha value is -2.60. The molecule has 1 aromatic carbocycles. The average Bonchev–Trinajstić information content (AvgIpc) is 3.08. The second-order valence-electron chi connectivity index (χ2n) is 9.32. The van der Waals surface area contributed by atoms with E-state index in [0.717, 1.165) is 25.9 Å². The predicted molar refractivity (Wildman–Crippen MR) is 141 cm³/mol. The maximum atomic E-state index is 13.2. The lowest BCUT2D eigenvalue weighted by Gasteiger charge is -2.26. The van der Waals surface area contributed by atoms with Gasteiger partial charge in [0.05, 0.1) is 23.9 Å². The van der Waals surface area contributed by atoms with Crippen molar-refractivity contribution in [3.05, 3.63) is 45.1 Å². The monoisotopic (exact) mass is 585 g/mol. The van der Waals surface area contributed by atoms with E-state index in [-0.39, 0.29) is 37.9 Å². The molecule has 2 aromatic rings. The summed E-state index contributed by atoms with van der Waals surface area (Å²) in [4.78, 5) is 32.2. The summed E-state index contributed by atoms with van der Waals surface area (Å²) in [6.45, 7) is 5.78. The van der Waals surface area contributed by atoms with Crippen LogP contribution in [0.5, 0.6) is 11.6 Å². The number of benzene rings is 1. The van der Waals surface area contributed by atoms with Gasteiger partial charge in [0.2, 0.25) is 5.88 Å². The van der Waals surface area contributed by atoms with Crippen molar-refractivity contribution in [2.24, 2.45) is 0 Å². The number of aromatic nitrogens is 1. The number of methoxy groups -OCH3 is 1. The minimum atomic E-state index is -4.29. The van der Waals surface area contributed by atoms with Crippen molar-refractivity contribution in [3.63, 3.8) is 0 Å². The molecule has 0 bridgehead atoms. The summed E-state index contributed by atoms with van der Waals surface area (Å²) in [5.41, 5.74) is 0.303. The Morgan fingerprint density at radius 3 is 2.53 bits per heavy atom. The Labute approximate surface area is 231 Å². The first kappa shape index (κ1) is 28.4. The zero-order chi connectivity index (χ0) is 27.6. The number of pyridine rings is 1. The molecule has 0 atom stereocenters. The second kappa shape index (κ2) is 11.6. The van der Waals surface area contributed by atoms with E-state index in [1.807, 2.05) is 13.8 Å². The third kappa shape index (κ3) is 5.56. The molecule has 1 aromatic heterocycles. The number of amides is 1. The van der Waals surface area contributed by atoms with E-state index >= 15 is 0 Å². The van der Waals surface area contributed by atoms with E-state index in [4.69, 9.17) is 37.4 Å². The molecule has 1 fully saturated rings. The van der Waals surface area contributed by atoms with Crippen LogP contribution in [0.25, 0.3) is 0 Å². The van der Waals surface area contributed by atoms with Gasteiger partial charge in [0.1, 0.15) is 27.8 Å². The topological polar surface area (TPSA) is 115 Å². The highest BCUT2D eigenvalue weighted by atomic mass is 35.5. The van der Waals surface area contributed by atoms with Gasteiger partial charge >= 0.3 is 5.97 Å². The van der Waals surface area contributed by atoms with Crippen molar-refractivity contribution < 1.29 is 32.2 Å². The molecular formula is C25H29Cl2N3O7S. The standard InChI is InChI=1S/C25H29Cl2N3O7S/c1-15(2)17-11-16(35-3)12-19-20(17)24(31)30(38(19,33)34)14-37-25(32)21-18(26)13-28-23(22(21)27)36-10-9-29-7-5-4-6-8-29/h11-13,15H,4-10,14H2,1-3H3. The molecule has 206 valence electrons. The Morgan fingerprint density at radius 1 is 1.16 bits per heavy atom. The number of likely N-dealkylation sites (tertiary alicyclic amines) is 1. The van der Waals surface area contributed by atoms with Gasteiger partial charge in [-0.05, 0) is 43.5 Å². The minimum Gasteiger partial charge on any atom is -0.497 e. The first-order valence-corrected chi connectivity index (χ1v) is 14.4. The van der Waals surface area contributed by atoms with Crippen LogP contribution in [0.15, 0.2) is 23.2 Å². The van der Waals surface area contributed by atoms with Crippen LogP contribution in [-0.2, 0) is 14.8 Å². The fourth-order valence-electron chi connectivity index (χ4n) is 4.48. The van der Waals surface area contributed by atoms with Crippen molar-refractivity contribution in [1.29, 1.82) is 0 Å². The molecule has 2 aliphatic rings. The summed E-state index contributed by atoms with van der Waals surface area (Å²) in [6.07, 6.45) is 4.71. The van der Waals surface area contributed by atoms with Crippen molar-refractivity contribution in [1.82, 2.24) is 14.2 Å². The van der Waals surface area contributed by atoms with Gasteiger partial charge in [0.15, 0.2) is 6.73 Å². The molecule has 3 heterocycles. The largest absolute Gasteiger partial charge is 0.497 e. The van der Waals surface area contributed by atoms with Gasteiger partial charge in [-0.25, -0.2) is 18.2 Å². The lowest BCUT2D eigenvalue weighted by Crippen LogP contribution is -2.34. The first-order valence-electron chi connectivity index (χ1n) is 12.2. The van der Waals surface area contributed by atoms with E-state index in [9.17, 15) is 18.0 Å². The molecule has 1 amide bonds. The van der Waals surface area contributed by atoms with Gasteiger partial charge in [-0.2, -0.15) is 4.31 Å². The zero-order valence-electron chi connectivity index (χ0n) is 21.3. The molecule has 0 spiro atoms. The molecular weight excluding hydrogens is 557 g/mol. The molecule has 0 saturated carbocycles. The fourth-order valence-corrected chi connectivity index (χ4v) is 6.49. The molecule has 0 N–H and O–H groups in total. The summed E-state index contributed by atoms with van der Waals surface area (Å²) in [5.74, 6) is -1.68. The van der Waals surface area contributed by atoms with Gasteiger partial charge in [0, 0.05) is 12.6 Å². The van der Waals surface area contributed by atoms with Crippen molar-refractivity contribution in [2.75, 3.05) is 40.1 Å².